The first-order valence-corrected chi connectivity index (χ1v) is 8.01. The lowest BCUT2D eigenvalue weighted by Gasteiger charge is -2.29. The molecule has 3 rings (SSSR count). The Kier molecular flexibility index (Phi) is 5.03. The van der Waals surface area contributed by atoms with Gasteiger partial charge in [0.2, 0.25) is 0 Å². The predicted octanol–water partition coefficient (Wildman–Crippen LogP) is 1.13. The van der Waals surface area contributed by atoms with Gasteiger partial charge in [0.05, 0.1) is 17.3 Å². The number of aromatic nitrogens is 3. The molecule has 0 bridgehead atoms. The highest BCUT2D eigenvalue weighted by Crippen LogP contribution is 2.23. The smallest absolute Gasteiger partial charge is 0.252 e. The van der Waals surface area contributed by atoms with E-state index in [4.69, 9.17) is 5.73 Å². The zero-order valence-corrected chi connectivity index (χ0v) is 13.8. The summed E-state index contributed by atoms with van der Waals surface area (Å²) in [5.74, 6) is 1.04. The maximum Gasteiger partial charge on any atom is 0.252 e. The molecule has 0 unspecified atom stereocenters. The molecular weight excluding hydrogens is 325 g/mol. The highest BCUT2D eigenvalue weighted by atomic mass is 19.1. The first-order valence-electron chi connectivity index (χ1n) is 8.01. The Balaban J connectivity index is 1.85. The lowest BCUT2D eigenvalue weighted by molar-refractivity contribution is 0.100. The second-order valence-electron chi connectivity index (χ2n) is 5.85. The molecule has 0 aliphatic carbocycles. The molecule has 1 aliphatic rings. The monoisotopic (exact) mass is 345 g/mol. The Morgan fingerprint density at radius 2 is 2.24 bits per heavy atom. The molecular formula is C16H20FN7O. The van der Waals surface area contributed by atoms with Crippen molar-refractivity contribution in [1.82, 2.24) is 20.3 Å². The number of anilines is 3. The van der Waals surface area contributed by atoms with Gasteiger partial charge in [-0.25, -0.2) is 19.3 Å². The molecule has 0 radical (unpaired) electrons. The zero-order chi connectivity index (χ0) is 17.8. The van der Waals surface area contributed by atoms with Gasteiger partial charge >= 0.3 is 0 Å². The van der Waals surface area contributed by atoms with Crippen LogP contribution in [-0.4, -0.2) is 46.2 Å². The second-order valence-corrected chi connectivity index (χ2v) is 5.85. The van der Waals surface area contributed by atoms with Gasteiger partial charge in [0, 0.05) is 25.0 Å². The minimum atomic E-state index is -1.05. The van der Waals surface area contributed by atoms with Crippen LogP contribution in [0.2, 0.25) is 0 Å². The van der Waals surface area contributed by atoms with E-state index >= 15 is 0 Å². The molecule has 5 N–H and O–H groups in total. The number of carbonyl (C=O) groups is 1. The number of aryl methyl sites for hydroxylation is 1. The van der Waals surface area contributed by atoms with Crippen LogP contribution in [0.3, 0.4) is 0 Å². The van der Waals surface area contributed by atoms with Gasteiger partial charge in [0.25, 0.3) is 5.91 Å². The number of rotatable bonds is 5. The van der Waals surface area contributed by atoms with E-state index < -0.39 is 18.1 Å². The van der Waals surface area contributed by atoms with Crippen LogP contribution in [0.25, 0.3) is 0 Å². The fourth-order valence-electron chi connectivity index (χ4n) is 2.68. The average molecular weight is 345 g/mol. The molecule has 2 aromatic rings. The molecule has 2 aromatic heterocycles. The zero-order valence-electron chi connectivity index (χ0n) is 13.8. The third kappa shape index (κ3) is 4.18. The number of nitrogens with two attached hydrogens (primary N) is 1. The van der Waals surface area contributed by atoms with Crippen LogP contribution in [0.4, 0.5) is 21.7 Å². The van der Waals surface area contributed by atoms with Gasteiger partial charge in [-0.1, -0.05) is 0 Å². The highest BCUT2D eigenvalue weighted by molar-refractivity contribution is 5.98. The van der Waals surface area contributed by atoms with E-state index in [0.29, 0.717) is 36.1 Å². The largest absolute Gasteiger partial charge is 0.378 e. The predicted molar refractivity (Wildman–Crippen MR) is 92.6 cm³/mol. The van der Waals surface area contributed by atoms with E-state index in [1.807, 2.05) is 0 Å². The first-order chi connectivity index (χ1) is 12.0. The van der Waals surface area contributed by atoms with Gasteiger partial charge < -0.3 is 21.7 Å². The van der Waals surface area contributed by atoms with Crippen molar-refractivity contribution in [3.05, 3.63) is 35.9 Å². The van der Waals surface area contributed by atoms with E-state index in [1.54, 1.807) is 25.3 Å². The normalized spacial score (nSPS) is 20.1. The number of primary amides is 1. The summed E-state index contributed by atoms with van der Waals surface area (Å²) in [4.78, 5) is 24.1. The summed E-state index contributed by atoms with van der Waals surface area (Å²) < 4.78 is 14.1. The van der Waals surface area contributed by atoms with Crippen molar-refractivity contribution in [2.24, 2.45) is 5.73 Å². The number of piperidine rings is 1. The van der Waals surface area contributed by atoms with E-state index in [-0.39, 0.29) is 12.1 Å². The lowest BCUT2D eigenvalue weighted by Crippen LogP contribution is -2.45. The molecule has 1 aliphatic heterocycles. The van der Waals surface area contributed by atoms with Gasteiger partial charge in [0.15, 0.2) is 0 Å². The SMILES string of the molecule is Cc1nccc(Nc2cc(N[C@@H]3CCNC[C@@H]3F)c(C(N)=O)cn2)n1. The Morgan fingerprint density at radius 1 is 1.40 bits per heavy atom. The number of hydrogen-bond acceptors (Lipinski definition) is 7. The standard InChI is InChI=1S/C16H20FN7O/c1-9-20-5-3-14(22-9)24-15-6-13(10(7-21-15)16(18)25)23-12-2-4-19-8-11(12)17/h3,5-7,11-12,19H,2,4,8H2,1H3,(H2,18,25)(H2,20,21,22,23,24)/t11-,12+/m0/s1. The molecule has 25 heavy (non-hydrogen) atoms. The number of amides is 1. The van der Waals surface area contributed by atoms with Crippen LogP contribution < -0.4 is 21.7 Å². The summed E-state index contributed by atoms with van der Waals surface area (Å²) in [6, 6.07) is 2.94. The lowest BCUT2D eigenvalue weighted by atomic mass is 10.0. The minimum Gasteiger partial charge on any atom is -0.378 e. The summed E-state index contributed by atoms with van der Waals surface area (Å²) in [5, 5.41) is 9.12. The Hall–Kier alpha value is -2.81. The molecule has 0 saturated carbocycles. The molecule has 8 nitrogen and oxygen atoms in total. The third-order valence-corrected chi connectivity index (χ3v) is 3.95. The van der Waals surface area contributed by atoms with Gasteiger partial charge in [-0.3, -0.25) is 4.79 Å². The topological polar surface area (TPSA) is 118 Å². The van der Waals surface area contributed by atoms with Crippen LogP contribution >= 0.6 is 0 Å². The van der Waals surface area contributed by atoms with E-state index in [1.165, 1.54) is 6.20 Å². The Bertz CT molecular complexity index is 770. The molecule has 132 valence electrons. The van der Waals surface area contributed by atoms with Crippen molar-refractivity contribution in [3.8, 4) is 0 Å². The van der Waals surface area contributed by atoms with Gasteiger partial charge in [-0.2, -0.15) is 0 Å². The summed E-state index contributed by atoms with van der Waals surface area (Å²) in [7, 11) is 0. The molecule has 3 heterocycles. The van der Waals surface area contributed by atoms with Gasteiger partial charge in [0.1, 0.15) is 23.6 Å². The van der Waals surface area contributed by atoms with Crippen LogP contribution in [0.1, 0.15) is 22.6 Å². The Labute approximate surface area is 144 Å². The molecule has 1 fully saturated rings. The summed E-state index contributed by atoms with van der Waals surface area (Å²) in [6.07, 6.45) is 2.55. The summed E-state index contributed by atoms with van der Waals surface area (Å²) in [6.45, 7) is 2.76. The number of halogens is 1. The van der Waals surface area contributed by atoms with Gasteiger partial charge in [-0.15, -0.1) is 0 Å². The molecule has 1 saturated heterocycles. The fraction of sp³-hybridized carbons (Fsp3) is 0.375. The number of nitrogens with zero attached hydrogens (tertiary/aromatic N) is 3. The number of carbonyl (C=O) groups excluding carboxylic acids is 1. The number of alkyl halides is 1. The summed E-state index contributed by atoms with van der Waals surface area (Å²) >= 11 is 0. The Morgan fingerprint density at radius 3 is 2.96 bits per heavy atom. The molecule has 0 spiro atoms. The van der Waals surface area contributed by atoms with Crippen molar-refractivity contribution in [2.75, 3.05) is 23.7 Å². The maximum atomic E-state index is 14.1. The van der Waals surface area contributed by atoms with E-state index in [2.05, 4.69) is 30.9 Å². The second kappa shape index (κ2) is 7.39. The summed E-state index contributed by atoms with van der Waals surface area (Å²) in [5.41, 5.74) is 6.08. The van der Waals surface area contributed by atoms with Gasteiger partial charge in [-0.05, 0) is 26.0 Å². The average Bonchev–Trinajstić information content (AvgIpc) is 2.57. The molecule has 2 atom stereocenters. The number of pyridine rings is 1. The van der Waals surface area contributed by atoms with Crippen LogP contribution in [-0.2, 0) is 0 Å². The minimum absolute atomic E-state index is 0.218. The molecule has 9 heteroatoms. The van der Waals surface area contributed by atoms with Crippen molar-refractivity contribution in [3.63, 3.8) is 0 Å². The molecule has 1 amide bonds. The van der Waals surface area contributed by atoms with Crippen molar-refractivity contribution in [1.29, 1.82) is 0 Å². The number of hydrogen-bond donors (Lipinski definition) is 4. The van der Waals surface area contributed by atoms with Crippen LogP contribution in [0.5, 0.6) is 0 Å². The van der Waals surface area contributed by atoms with E-state index in [9.17, 15) is 9.18 Å². The number of nitrogens with one attached hydrogen (secondary N) is 3. The quantitative estimate of drug-likeness (QED) is 0.641. The van der Waals surface area contributed by atoms with Crippen LogP contribution in [0.15, 0.2) is 24.5 Å². The van der Waals surface area contributed by atoms with Crippen LogP contribution in [0, 0.1) is 6.92 Å². The van der Waals surface area contributed by atoms with Crippen molar-refractivity contribution < 1.29 is 9.18 Å². The third-order valence-electron chi connectivity index (χ3n) is 3.95. The first kappa shape index (κ1) is 17.0. The highest BCUT2D eigenvalue weighted by Gasteiger charge is 2.25. The molecule has 0 aromatic carbocycles. The van der Waals surface area contributed by atoms with Crippen molar-refractivity contribution >= 4 is 23.2 Å². The van der Waals surface area contributed by atoms with Crippen molar-refractivity contribution in [2.45, 2.75) is 25.6 Å². The maximum absolute atomic E-state index is 14.1. The van der Waals surface area contributed by atoms with E-state index in [0.717, 1.165) is 0 Å². The fourth-order valence-corrected chi connectivity index (χ4v) is 2.68.